The number of anilines is 1. The van der Waals surface area contributed by atoms with Crippen molar-refractivity contribution < 1.29 is 18.7 Å². The van der Waals surface area contributed by atoms with E-state index in [1.165, 1.54) is 17.8 Å². The van der Waals surface area contributed by atoms with E-state index in [0.29, 0.717) is 40.6 Å². The van der Waals surface area contributed by atoms with Gasteiger partial charge >= 0.3 is 5.97 Å². The molecule has 0 aromatic heterocycles. The summed E-state index contributed by atoms with van der Waals surface area (Å²) in [6.45, 7) is 6.98. The summed E-state index contributed by atoms with van der Waals surface area (Å²) in [5.74, 6) is -1.15. The highest BCUT2D eigenvalue weighted by atomic mass is 32.2. The highest BCUT2D eigenvalue weighted by Crippen LogP contribution is 2.44. The summed E-state index contributed by atoms with van der Waals surface area (Å²) in [7, 11) is 1.83. The first-order valence-corrected chi connectivity index (χ1v) is 12.5. The summed E-state index contributed by atoms with van der Waals surface area (Å²) >= 11 is 1.40. The van der Waals surface area contributed by atoms with Crippen molar-refractivity contribution in [3.8, 4) is 0 Å². The van der Waals surface area contributed by atoms with Crippen molar-refractivity contribution in [2.24, 2.45) is 11.0 Å². The van der Waals surface area contributed by atoms with Gasteiger partial charge in [0, 0.05) is 24.8 Å². The van der Waals surface area contributed by atoms with Gasteiger partial charge in [-0.2, -0.15) is 5.10 Å². The van der Waals surface area contributed by atoms with Crippen molar-refractivity contribution in [2.45, 2.75) is 19.2 Å². The third kappa shape index (κ3) is 5.57. The molecule has 0 spiro atoms. The molecule has 2 aromatic rings. The molecule has 2 unspecified atom stereocenters. The van der Waals surface area contributed by atoms with E-state index >= 15 is 0 Å². The summed E-state index contributed by atoms with van der Waals surface area (Å²) in [4.78, 5) is 27.9. The number of hydrazone groups is 1. The molecule has 2 aliphatic rings. The molecule has 0 saturated carbocycles. The number of fused-ring (bicyclic) bond motifs is 1. The number of halogens is 1. The Kier molecular flexibility index (Phi) is 7.87. The van der Waals surface area contributed by atoms with Crippen LogP contribution in [0.25, 0.3) is 0 Å². The van der Waals surface area contributed by atoms with Crippen LogP contribution in [0.3, 0.4) is 0 Å². The molecule has 2 aliphatic heterocycles. The number of likely N-dealkylation sites (N-methyl/N-ethyl adjacent to an activating group) is 1. The second-order valence-corrected chi connectivity index (χ2v) is 9.46. The number of carbonyl (C=O) groups is 2. The first-order chi connectivity index (χ1) is 16.9. The third-order valence-electron chi connectivity index (χ3n) is 6.12. The fraction of sp³-hybridized carbons (Fsp3) is 0.346. The van der Waals surface area contributed by atoms with Crippen LogP contribution in [0, 0.1) is 11.7 Å². The van der Waals surface area contributed by atoms with E-state index in [1.807, 2.05) is 13.1 Å². The van der Waals surface area contributed by atoms with E-state index in [4.69, 9.17) is 4.74 Å². The highest BCUT2D eigenvalue weighted by molar-refractivity contribution is 8.04. The maximum absolute atomic E-state index is 14.4. The summed E-state index contributed by atoms with van der Waals surface area (Å²) in [5.41, 5.74) is 2.07. The molecule has 1 amide bonds. The molecule has 35 heavy (non-hydrogen) atoms. The van der Waals surface area contributed by atoms with E-state index in [-0.39, 0.29) is 29.0 Å². The molecule has 2 atom stereocenters. The van der Waals surface area contributed by atoms with E-state index in [9.17, 15) is 14.0 Å². The van der Waals surface area contributed by atoms with Gasteiger partial charge in [0.15, 0.2) is 0 Å². The molecule has 2 aromatic carbocycles. The summed E-state index contributed by atoms with van der Waals surface area (Å²) in [6.07, 6.45) is 1.85. The van der Waals surface area contributed by atoms with E-state index in [2.05, 4.69) is 29.2 Å². The molecule has 9 heteroatoms. The number of nitrogens with one attached hydrogen (secondary N) is 1. The molecule has 0 bridgehead atoms. The summed E-state index contributed by atoms with van der Waals surface area (Å²) < 4.78 is 19.7. The van der Waals surface area contributed by atoms with Gasteiger partial charge in [-0.1, -0.05) is 49.9 Å². The average Bonchev–Trinajstić information content (AvgIpc) is 3.43. The van der Waals surface area contributed by atoms with Gasteiger partial charge in [0.2, 0.25) is 0 Å². The quantitative estimate of drug-likeness (QED) is 0.525. The molecule has 2 heterocycles. The summed E-state index contributed by atoms with van der Waals surface area (Å²) in [5, 5.41) is 9.06. The SMILES string of the molecule is CCN(CC)CCOC(=O)c1ccc(NC(=O)C2=CC3C(c4ccccc4F)=NN(C)C3S2)cc1. The van der Waals surface area contributed by atoms with Crippen LogP contribution in [0.15, 0.2) is 64.6 Å². The molecule has 7 nitrogen and oxygen atoms in total. The molecular formula is C26H29FN4O3S. The summed E-state index contributed by atoms with van der Waals surface area (Å²) in [6, 6.07) is 13.2. The zero-order valence-electron chi connectivity index (χ0n) is 20.0. The van der Waals surface area contributed by atoms with Crippen LogP contribution >= 0.6 is 11.8 Å². The molecule has 0 fully saturated rings. The largest absolute Gasteiger partial charge is 0.461 e. The maximum Gasteiger partial charge on any atom is 0.338 e. The van der Waals surface area contributed by atoms with E-state index < -0.39 is 0 Å². The third-order valence-corrected chi connectivity index (χ3v) is 7.54. The van der Waals surface area contributed by atoms with E-state index in [0.717, 1.165) is 13.1 Å². The van der Waals surface area contributed by atoms with Gasteiger partial charge < -0.3 is 15.0 Å². The fourth-order valence-electron chi connectivity index (χ4n) is 4.11. The number of amides is 1. The fourth-order valence-corrected chi connectivity index (χ4v) is 5.31. The van der Waals surface area contributed by atoms with Gasteiger partial charge in [-0.25, -0.2) is 9.18 Å². The minimum atomic E-state index is -0.389. The Labute approximate surface area is 209 Å². The van der Waals surface area contributed by atoms with Gasteiger partial charge in [-0.3, -0.25) is 9.80 Å². The number of benzene rings is 2. The number of hydrogen-bond donors (Lipinski definition) is 1. The van der Waals surface area contributed by atoms with Gasteiger partial charge in [0.25, 0.3) is 5.91 Å². The Morgan fingerprint density at radius 3 is 2.54 bits per heavy atom. The predicted molar refractivity (Wildman–Crippen MR) is 137 cm³/mol. The zero-order valence-corrected chi connectivity index (χ0v) is 20.8. The van der Waals surface area contributed by atoms with Crippen molar-refractivity contribution in [3.05, 3.63) is 76.5 Å². The van der Waals surface area contributed by atoms with Crippen LogP contribution in [0.1, 0.15) is 29.8 Å². The molecule has 0 radical (unpaired) electrons. The van der Waals surface area contributed by atoms with Gasteiger partial charge in [-0.05, 0) is 43.4 Å². The minimum absolute atomic E-state index is 0.0983. The molecular weight excluding hydrogens is 467 g/mol. The Bertz CT molecular complexity index is 1150. The first-order valence-electron chi connectivity index (χ1n) is 11.7. The second kappa shape index (κ2) is 11.0. The van der Waals surface area contributed by atoms with Crippen LogP contribution in [-0.4, -0.2) is 66.2 Å². The van der Waals surface area contributed by atoms with Gasteiger partial charge in [0.05, 0.1) is 22.1 Å². The highest BCUT2D eigenvalue weighted by Gasteiger charge is 2.42. The lowest BCUT2D eigenvalue weighted by atomic mass is 9.96. The van der Waals surface area contributed by atoms with Gasteiger partial charge in [0.1, 0.15) is 17.8 Å². The zero-order chi connectivity index (χ0) is 24.9. The minimum Gasteiger partial charge on any atom is -0.461 e. The standard InChI is InChI=1S/C26H29FN4O3S/c1-4-31(5-2)14-15-34-26(33)17-10-12-18(13-11-17)28-24(32)22-16-20-23(29-30(3)25(20)35-22)19-8-6-7-9-21(19)27/h6-13,16,20,25H,4-5,14-15H2,1-3H3,(H,28,32). The molecule has 0 aliphatic carbocycles. The monoisotopic (exact) mass is 496 g/mol. The van der Waals surface area contributed by atoms with Crippen LogP contribution in [0.2, 0.25) is 0 Å². The van der Waals surface area contributed by atoms with Crippen molar-refractivity contribution in [3.63, 3.8) is 0 Å². The van der Waals surface area contributed by atoms with Crippen molar-refractivity contribution >= 4 is 35.0 Å². The van der Waals surface area contributed by atoms with Crippen LogP contribution in [-0.2, 0) is 9.53 Å². The van der Waals surface area contributed by atoms with Crippen molar-refractivity contribution in [1.82, 2.24) is 9.91 Å². The van der Waals surface area contributed by atoms with Crippen LogP contribution in [0.5, 0.6) is 0 Å². The topological polar surface area (TPSA) is 74.2 Å². The lowest BCUT2D eigenvalue weighted by Crippen LogP contribution is -2.27. The number of rotatable bonds is 9. The smallest absolute Gasteiger partial charge is 0.338 e. The lowest BCUT2D eigenvalue weighted by molar-refractivity contribution is -0.112. The molecule has 4 rings (SSSR count). The average molecular weight is 497 g/mol. The Morgan fingerprint density at radius 1 is 1.14 bits per heavy atom. The number of carbonyl (C=O) groups excluding carboxylic acids is 2. The second-order valence-electron chi connectivity index (χ2n) is 8.30. The number of ether oxygens (including phenoxy) is 1. The number of hydrogen-bond acceptors (Lipinski definition) is 7. The first kappa shape index (κ1) is 24.9. The Morgan fingerprint density at radius 2 is 1.86 bits per heavy atom. The van der Waals surface area contributed by atoms with Crippen LogP contribution < -0.4 is 5.32 Å². The number of nitrogens with zero attached hydrogens (tertiary/aromatic N) is 3. The number of thioether (sulfide) groups is 1. The van der Waals surface area contributed by atoms with E-state index in [1.54, 1.807) is 47.5 Å². The Hall–Kier alpha value is -3.17. The number of esters is 1. The van der Waals surface area contributed by atoms with Crippen molar-refractivity contribution in [1.29, 1.82) is 0 Å². The normalized spacial score (nSPS) is 18.8. The van der Waals surface area contributed by atoms with Crippen molar-refractivity contribution in [2.75, 3.05) is 38.6 Å². The molecule has 0 saturated heterocycles. The molecule has 184 valence electrons. The Balaban J connectivity index is 1.36. The van der Waals surface area contributed by atoms with Crippen LogP contribution in [0.4, 0.5) is 10.1 Å². The van der Waals surface area contributed by atoms with Gasteiger partial charge in [-0.15, -0.1) is 0 Å². The predicted octanol–water partition coefficient (Wildman–Crippen LogP) is 4.19. The lowest BCUT2D eigenvalue weighted by Gasteiger charge is -2.17. The maximum atomic E-state index is 14.4. The molecule has 1 N–H and O–H groups in total.